The van der Waals surface area contributed by atoms with Gasteiger partial charge in [0.1, 0.15) is 12.1 Å². The minimum Gasteiger partial charge on any atom is -0.497 e. The molecule has 0 spiro atoms. The Bertz CT molecular complexity index is 798. The van der Waals surface area contributed by atoms with Gasteiger partial charge in [0, 0.05) is 17.7 Å². The molecule has 0 aliphatic heterocycles. The summed E-state index contributed by atoms with van der Waals surface area (Å²) in [6.45, 7) is 0.567. The molecule has 0 atom stereocenters. The quantitative estimate of drug-likeness (QED) is 0.730. The number of ether oxygens (including phenoxy) is 1. The molecular formula is C18H18N4O2. The number of nitrogens with one attached hydrogen (secondary N) is 2. The molecule has 2 aromatic carbocycles. The van der Waals surface area contributed by atoms with E-state index in [0.717, 1.165) is 23.3 Å². The number of aromatic nitrogens is 3. The zero-order chi connectivity index (χ0) is 16.8. The average Bonchev–Trinajstić information content (AvgIpc) is 3.17. The molecule has 0 saturated heterocycles. The fourth-order valence-electron chi connectivity index (χ4n) is 2.37. The number of hydrogen-bond donors (Lipinski definition) is 2. The lowest BCUT2D eigenvalue weighted by Crippen LogP contribution is -2.25. The number of H-pyrrole nitrogens is 1. The summed E-state index contributed by atoms with van der Waals surface area (Å²) >= 11 is 0. The van der Waals surface area contributed by atoms with Crippen molar-refractivity contribution < 1.29 is 9.53 Å². The molecule has 0 radical (unpaired) electrons. The van der Waals surface area contributed by atoms with Crippen LogP contribution < -0.4 is 10.1 Å². The topological polar surface area (TPSA) is 79.9 Å². The van der Waals surface area contributed by atoms with E-state index in [1.54, 1.807) is 19.2 Å². The largest absolute Gasteiger partial charge is 0.497 e. The Morgan fingerprint density at radius 3 is 2.75 bits per heavy atom. The van der Waals surface area contributed by atoms with Crippen molar-refractivity contribution in [2.24, 2.45) is 0 Å². The fourth-order valence-corrected chi connectivity index (χ4v) is 2.37. The molecule has 3 rings (SSSR count). The third kappa shape index (κ3) is 3.78. The van der Waals surface area contributed by atoms with Crippen LogP contribution in [0.3, 0.4) is 0 Å². The number of nitrogens with zero attached hydrogens (tertiary/aromatic N) is 2. The van der Waals surface area contributed by atoms with Crippen molar-refractivity contribution in [1.82, 2.24) is 20.5 Å². The van der Waals surface area contributed by atoms with Gasteiger partial charge in [0.2, 0.25) is 0 Å². The van der Waals surface area contributed by atoms with Gasteiger partial charge < -0.3 is 10.1 Å². The van der Waals surface area contributed by atoms with Gasteiger partial charge in [-0.3, -0.25) is 9.89 Å². The van der Waals surface area contributed by atoms with Gasteiger partial charge in [-0.15, -0.1) is 0 Å². The second-order valence-electron chi connectivity index (χ2n) is 5.27. The summed E-state index contributed by atoms with van der Waals surface area (Å²) in [7, 11) is 1.64. The highest BCUT2D eigenvalue weighted by Gasteiger charge is 2.08. The van der Waals surface area contributed by atoms with Crippen molar-refractivity contribution in [3.63, 3.8) is 0 Å². The predicted molar refractivity (Wildman–Crippen MR) is 90.8 cm³/mol. The summed E-state index contributed by atoms with van der Waals surface area (Å²) in [6, 6.07) is 15.1. The molecule has 1 amide bonds. The molecule has 0 aliphatic rings. The smallest absolute Gasteiger partial charge is 0.251 e. The normalized spacial score (nSPS) is 10.4. The molecule has 0 saturated carbocycles. The number of amides is 1. The lowest BCUT2D eigenvalue weighted by Gasteiger charge is -2.07. The molecule has 0 aliphatic carbocycles. The van der Waals surface area contributed by atoms with Crippen LogP contribution in [0.1, 0.15) is 15.9 Å². The third-order valence-corrected chi connectivity index (χ3v) is 3.67. The minimum atomic E-state index is -0.107. The van der Waals surface area contributed by atoms with Crippen LogP contribution in [0.25, 0.3) is 11.4 Å². The molecule has 2 N–H and O–H groups in total. The van der Waals surface area contributed by atoms with Crippen LogP contribution in [-0.4, -0.2) is 34.7 Å². The highest BCUT2D eigenvalue weighted by Crippen LogP contribution is 2.15. The summed E-state index contributed by atoms with van der Waals surface area (Å²) in [5.41, 5.74) is 2.57. The predicted octanol–water partition coefficient (Wildman–Crippen LogP) is 2.45. The number of aromatic amines is 1. The maximum Gasteiger partial charge on any atom is 0.251 e. The van der Waals surface area contributed by atoms with Crippen LogP contribution in [0, 0.1) is 0 Å². The molecule has 24 heavy (non-hydrogen) atoms. The molecule has 6 nitrogen and oxygen atoms in total. The summed E-state index contributed by atoms with van der Waals surface area (Å²) < 4.78 is 5.13. The maximum absolute atomic E-state index is 12.3. The van der Waals surface area contributed by atoms with Crippen LogP contribution >= 0.6 is 0 Å². The van der Waals surface area contributed by atoms with Gasteiger partial charge in [0.25, 0.3) is 5.91 Å². The van der Waals surface area contributed by atoms with Crippen LogP contribution in [0.2, 0.25) is 0 Å². The molecule has 1 heterocycles. The van der Waals surface area contributed by atoms with Gasteiger partial charge >= 0.3 is 0 Å². The van der Waals surface area contributed by atoms with E-state index in [2.05, 4.69) is 20.5 Å². The van der Waals surface area contributed by atoms with Crippen molar-refractivity contribution in [3.8, 4) is 17.1 Å². The van der Waals surface area contributed by atoms with Gasteiger partial charge in [-0.1, -0.05) is 24.3 Å². The van der Waals surface area contributed by atoms with Gasteiger partial charge in [-0.2, -0.15) is 5.10 Å². The maximum atomic E-state index is 12.3. The van der Waals surface area contributed by atoms with Gasteiger partial charge in [0.15, 0.2) is 5.82 Å². The van der Waals surface area contributed by atoms with E-state index < -0.39 is 0 Å². The first-order valence-electron chi connectivity index (χ1n) is 7.63. The molecule has 0 unspecified atom stereocenters. The molecule has 122 valence electrons. The van der Waals surface area contributed by atoms with E-state index in [9.17, 15) is 4.79 Å². The SMILES string of the molecule is COc1ccc(CCNC(=O)c2cccc(-c3ncn[nH]3)c2)cc1. The first-order chi connectivity index (χ1) is 11.8. The van der Waals surface area contributed by atoms with Crippen molar-refractivity contribution in [3.05, 3.63) is 66.0 Å². The highest BCUT2D eigenvalue weighted by molar-refractivity contribution is 5.95. The molecule has 0 fully saturated rings. The first kappa shape index (κ1) is 15.7. The number of rotatable bonds is 6. The van der Waals surface area contributed by atoms with E-state index in [4.69, 9.17) is 4.74 Å². The second-order valence-corrected chi connectivity index (χ2v) is 5.27. The summed E-state index contributed by atoms with van der Waals surface area (Å²) in [5.74, 6) is 1.36. The molecule has 1 aromatic heterocycles. The second kappa shape index (κ2) is 7.41. The highest BCUT2D eigenvalue weighted by atomic mass is 16.5. The van der Waals surface area contributed by atoms with E-state index in [0.29, 0.717) is 17.9 Å². The van der Waals surface area contributed by atoms with Crippen molar-refractivity contribution in [2.45, 2.75) is 6.42 Å². The van der Waals surface area contributed by atoms with Crippen LogP contribution in [-0.2, 0) is 6.42 Å². The Balaban J connectivity index is 1.58. The number of carbonyl (C=O) groups is 1. The van der Waals surface area contributed by atoms with Gasteiger partial charge in [-0.25, -0.2) is 4.98 Å². The number of benzene rings is 2. The molecule has 6 heteroatoms. The summed E-state index contributed by atoms with van der Waals surface area (Å²) in [6.07, 6.45) is 2.20. The zero-order valence-electron chi connectivity index (χ0n) is 13.3. The van der Waals surface area contributed by atoms with Crippen molar-refractivity contribution in [2.75, 3.05) is 13.7 Å². The first-order valence-corrected chi connectivity index (χ1v) is 7.63. The third-order valence-electron chi connectivity index (χ3n) is 3.67. The Morgan fingerprint density at radius 1 is 1.21 bits per heavy atom. The van der Waals surface area contributed by atoms with E-state index in [1.807, 2.05) is 36.4 Å². The van der Waals surface area contributed by atoms with Gasteiger partial charge in [0.05, 0.1) is 7.11 Å². The number of hydrogen-bond acceptors (Lipinski definition) is 4. The molecule has 0 bridgehead atoms. The van der Waals surface area contributed by atoms with E-state index in [-0.39, 0.29) is 5.91 Å². The average molecular weight is 322 g/mol. The summed E-state index contributed by atoms with van der Waals surface area (Å²) in [5, 5.41) is 9.55. The Labute approximate surface area is 139 Å². The van der Waals surface area contributed by atoms with Crippen LogP contribution in [0.5, 0.6) is 5.75 Å². The number of methoxy groups -OCH3 is 1. The minimum absolute atomic E-state index is 0.107. The Hall–Kier alpha value is -3.15. The van der Waals surface area contributed by atoms with E-state index in [1.165, 1.54) is 6.33 Å². The Kier molecular flexibility index (Phi) is 4.86. The zero-order valence-corrected chi connectivity index (χ0v) is 13.3. The van der Waals surface area contributed by atoms with Crippen LogP contribution in [0.4, 0.5) is 0 Å². The standard InChI is InChI=1S/C18H18N4O2/c1-24-16-7-5-13(6-8-16)9-10-19-18(23)15-4-2-3-14(11-15)17-20-12-21-22-17/h2-8,11-12H,9-10H2,1H3,(H,19,23)(H,20,21,22). The Morgan fingerprint density at radius 2 is 2.04 bits per heavy atom. The van der Waals surface area contributed by atoms with Crippen molar-refractivity contribution in [1.29, 1.82) is 0 Å². The monoisotopic (exact) mass is 322 g/mol. The lowest BCUT2D eigenvalue weighted by atomic mass is 10.1. The fraction of sp³-hybridized carbons (Fsp3) is 0.167. The van der Waals surface area contributed by atoms with Crippen molar-refractivity contribution >= 4 is 5.91 Å². The summed E-state index contributed by atoms with van der Waals surface area (Å²) in [4.78, 5) is 16.4. The molecular weight excluding hydrogens is 304 g/mol. The van der Waals surface area contributed by atoms with Crippen LogP contribution in [0.15, 0.2) is 54.9 Å². The van der Waals surface area contributed by atoms with Gasteiger partial charge in [-0.05, 0) is 36.2 Å². The van der Waals surface area contributed by atoms with E-state index >= 15 is 0 Å². The lowest BCUT2D eigenvalue weighted by molar-refractivity contribution is 0.0954. The number of carbonyl (C=O) groups excluding carboxylic acids is 1. The molecule has 3 aromatic rings.